The first-order chi connectivity index (χ1) is 23.8. The Morgan fingerprint density at radius 1 is 0.396 bits per heavy atom. The van der Waals surface area contributed by atoms with Crippen LogP contribution in [0, 0.1) is 0 Å². The minimum absolute atomic E-state index is 0.108. The zero-order valence-corrected chi connectivity index (χ0v) is 30.1. The summed E-state index contributed by atoms with van der Waals surface area (Å²) < 4.78 is 0. The molecule has 0 bridgehead atoms. The average Bonchev–Trinajstić information content (AvgIpc) is 3.99. The van der Waals surface area contributed by atoms with Crippen molar-refractivity contribution < 1.29 is 0 Å². The van der Waals surface area contributed by atoms with Gasteiger partial charge in [-0.15, -0.1) is 68.4 Å². The van der Waals surface area contributed by atoms with Gasteiger partial charge < -0.3 is 0 Å². The Morgan fingerprint density at radius 3 is 0.938 bits per heavy atom. The molecule has 0 radical (unpaired) electrons. The summed E-state index contributed by atoms with van der Waals surface area (Å²) in [4.78, 5) is 40.9. The smallest absolute Gasteiger partial charge is 0.113 e. The van der Waals surface area contributed by atoms with Crippen molar-refractivity contribution in [2.24, 2.45) is 30.0 Å². The number of allylic oxidation sites excluding steroid dienone is 1. The number of nitrogens with zero attached hydrogens (tertiary/aromatic N) is 6. The predicted molar refractivity (Wildman–Crippen MR) is 198 cm³/mol. The van der Waals surface area contributed by atoms with E-state index in [-0.39, 0.29) is 36.3 Å². The van der Waals surface area contributed by atoms with Gasteiger partial charge in [0.05, 0.1) is 0 Å². The normalized spacial score (nSPS) is 25.5. The van der Waals surface area contributed by atoms with Crippen molar-refractivity contribution >= 4 is 68.4 Å². The molecule has 6 unspecified atom stereocenters. The number of benzene rings is 1. The highest BCUT2D eigenvalue weighted by atomic mass is 32.2. The van der Waals surface area contributed by atoms with E-state index in [9.17, 15) is 0 Å². The van der Waals surface area contributed by atoms with Crippen LogP contribution in [0.3, 0.4) is 0 Å². The predicted octanol–water partition coefficient (Wildman–Crippen LogP) is 6.85. The molecule has 1 aromatic carbocycles. The van der Waals surface area contributed by atoms with Crippen LogP contribution in [-0.4, -0.2) is 11.8 Å². The Hall–Kier alpha value is -3.39. The zero-order valence-electron chi connectivity index (χ0n) is 25.2. The number of hydrogen-bond donors (Lipinski definition) is 0. The van der Waals surface area contributed by atoms with Gasteiger partial charge in [-0.1, -0.05) is 36.4 Å². The summed E-state index contributed by atoms with van der Waals surface area (Å²) in [5.41, 5.74) is 0. The SMILES string of the molecule is C1=C(C2N=c3c(c4c(c5c3=NC(c3cccs3)C(c3cccs3)N=5)=NC(c3cccs3)C(c3cccs3)N=4)=NC2c2cccs2)SCC1. The van der Waals surface area contributed by atoms with Gasteiger partial charge in [0.1, 0.15) is 68.4 Å². The van der Waals surface area contributed by atoms with Crippen molar-refractivity contribution in [1.29, 1.82) is 0 Å². The van der Waals surface area contributed by atoms with E-state index in [0.717, 1.165) is 44.3 Å². The minimum Gasteiger partial charge on any atom is -0.269 e. The van der Waals surface area contributed by atoms with Crippen LogP contribution < -0.4 is 32.1 Å². The van der Waals surface area contributed by atoms with E-state index in [2.05, 4.69) is 93.6 Å². The lowest BCUT2D eigenvalue weighted by Gasteiger charge is -2.27. The van der Waals surface area contributed by atoms with E-state index in [4.69, 9.17) is 30.0 Å². The van der Waals surface area contributed by atoms with Crippen LogP contribution >= 0.6 is 68.4 Å². The Morgan fingerprint density at radius 2 is 0.688 bits per heavy atom. The molecular weight excluding hydrogens is 709 g/mol. The van der Waals surface area contributed by atoms with Crippen molar-refractivity contribution in [2.45, 2.75) is 42.7 Å². The van der Waals surface area contributed by atoms with Crippen molar-refractivity contribution in [1.82, 2.24) is 0 Å². The number of fused-ring (bicyclic) bond motifs is 6. The summed E-state index contributed by atoms with van der Waals surface area (Å²) in [6.07, 6.45) is 3.41. The third kappa shape index (κ3) is 4.91. The van der Waals surface area contributed by atoms with Crippen molar-refractivity contribution in [3.8, 4) is 0 Å². The molecule has 10 rings (SSSR count). The molecule has 0 aliphatic carbocycles. The first-order valence-corrected chi connectivity index (χ1v) is 21.2. The molecule has 4 aliphatic heterocycles. The fraction of sp³-hybridized carbons (Fsp3) is 0.222. The Labute approximate surface area is 299 Å². The molecular formula is C36H26N6S6. The van der Waals surface area contributed by atoms with Crippen LogP contribution in [0.2, 0.25) is 0 Å². The molecule has 0 N–H and O–H groups in total. The second-order valence-electron chi connectivity index (χ2n) is 11.9. The highest BCUT2D eigenvalue weighted by molar-refractivity contribution is 8.03. The standard InChI is InChI=1S/C36H26N6S6/c1-7-19(43-13-1)25-26(20-8-2-14-44-20)38-32-31(37-25)33-35(41-28(22-10-4-16-46-22)27(39-33)21-9-3-15-45-21)36-34(32)40-29(23-11-5-17-47-23)30(42-36)24-12-6-18-48-24/h1-5,7-17,25-30H,6,18H2. The largest absolute Gasteiger partial charge is 0.269 e. The van der Waals surface area contributed by atoms with E-state index in [1.54, 1.807) is 56.7 Å². The first-order valence-electron chi connectivity index (χ1n) is 15.8. The average molecular weight is 735 g/mol. The van der Waals surface area contributed by atoms with E-state index in [1.165, 1.54) is 29.3 Å². The highest BCUT2D eigenvalue weighted by Crippen LogP contribution is 2.42. The second-order valence-corrected chi connectivity index (χ2v) is 17.9. The third-order valence-electron chi connectivity index (χ3n) is 9.05. The van der Waals surface area contributed by atoms with E-state index in [0.29, 0.717) is 0 Å². The lowest BCUT2D eigenvalue weighted by atomic mass is 10.0. The number of thiophene rings is 5. The number of rotatable bonds is 6. The maximum atomic E-state index is 5.63. The van der Waals surface area contributed by atoms with Crippen molar-refractivity contribution in [3.05, 3.63) is 155 Å². The van der Waals surface area contributed by atoms with E-state index >= 15 is 0 Å². The van der Waals surface area contributed by atoms with Gasteiger partial charge >= 0.3 is 0 Å². The van der Waals surface area contributed by atoms with Gasteiger partial charge in [0.2, 0.25) is 0 Å². The quantitative estimate of drug-likeness (QED) is 0.185. The van der Waals surface area contributed by atoms with Crippen LogP contribution in [0.4, 0.5) is 0 Å². The van der Waals surface area contributed by atoms with Crippen LogP contribution in [-0.2, 0) is 0 Å². The molecule has 4 aliphatic rings. The van der Waals surface area contributed by atoms with E-state index in [1.807, 2.05) is 11.8 Å². The summed E-state index contributed by atoms with van der Waals surface area (Å²) in [6.45, 7) is 0. The summed E-state index contributed by atoms with van der Waals surface area (Å²) in [5, 5.41) is 15.4. The lowest BCUT2D eigenvalue weighted by molar-refractivity contribution is 0.512. The van der Waals surface area contributed by atoms with Crippen molar-refractivity contribution in [3.63, 3.8) is 0 Å². The Kier molecular flexibility index (Phi) is 7.49. The number of thioether (sulfide) groups is 1. The van der Waals surface area contributed by atoms with Crippen LogP contribution in [0.5, 0.6) is 0 Å². The van der Waals surface area contributed by atoms with E-state index < -0.39 is 0 Å². The molecule has 48 heavy (non-hydrogen) atoms. The lowest BCUT2D eigenvalue weighted by Crippen LogP contribution is -2.69. The molecule has 0 fully saturated rings. The van der Waals surface area contributed by atoms with Gasteiger partial charge in [0, 0.05) is 35.0 Å². The number of hydrogen-bond acceptors (Lipinski definition) is 12. The molecule has 0 saturated heterocycles. The summed E-state index contributed by atoms with van der Waals surface area (Å²) in [6, 6.07) is 20.6. The molecule has 6 aromatic rings. The van der Waals surface area contributed by atoms with Crippen LogP contribution in [0.1, 0.15) is 61.0 Å². The Bertz CT molecular complexity index is 2440. The second kappa shape index (κ2) is 12.2. The fourth-order valence-corrected chi connectivity index (χ4v) is 11.9. The molecule has 6 atom stereocenters. The van der Waals surface area contributed by atoms with Gasteiger partial charge in [0.25, 0.3) is 0 Å². The van der Waals surface area contributed by atoms with Gasteiger partial charge in [-0.25, -0.2) is 0 Å². The van der Waals surface area contributed by atoms with Gasteiger partial charge in [-0.3, -0.25) is 30.0 Å². The molecule has 5 aromatic heterocycles. The molecule has 236 valence electrons. The fourth-order valence-electron chi connectivity index (χ4n) is 6.92. The van der Waals surface area contributed by atoms with Crippen LogP contribution in [0.25, 0.3) is 0 Å². The summed E-state index contributed by atoms with van der Waals surface area (Å²) >= 11 is 10.6. The molecule has 0 amide bonds. The zero-order chi connectivity index (χ0) is 31.6. The van der Waals surface area contributed by atoms with Gasteiger partial charge in [-0.2, -0.15) is 0 Å². The maximum absolute atomic E-state index is 5.63. The third-order valence-corrected chi connectivity index (χ3v) is 14.9. The van der Waals surface area contributed by atoms with Gasteiger partial charge in [-0.05, 0) is 63.7 Å². The minimum atomic E-state index is -0.162. The Balaban J connectivity index is 1.35. The summed E-state index contributed by atoms with van der Waals surface area (Å²) in [5.74, 6) is 1.08. The van der Waals surface area contributed by atoms with Gasteiger partial charge in [0.15, 0.2) is 0 Å². The maximum Gasteiger partial charge on any atom is 0.113 e. The summed E-state index contributed by atoms with van der Waals surface area (Å²) in [7, 11) is 0. The highest BCUT2D eigenvalue weighted by Gasteiger charge is 2.36. The molecule has 0 spiro atoms. The van der Waals surface area contributed by atoms with Crippen LogP contribution in [0.15, 0.2) is 128 Å². The monoisotopic (exact) mass is 734 g/mol. The molecule has 0 saturated carbocycles. The molecule has 6 nitrogen and oxygen atoms in total. The van der Waals surface area contributed by atoms with Crippen molar-refractivity contribution in [2.75, 3.05) is 5.75 Å². The first kappa shape index (κ1) is 29.5. The molecule has 9 heterocycles. The topological polar surface area (TPSA) is 74.2 Å². The molecule has 12 heteroatoms.